The molecule has 0 aliphatic rings. The summed E-state index contributed by atoms with van der Waals surface area (Å²) < 4.78 is 22.2. The number of benzene rings is 1. The van der Waals surface area contributed by atoms with Crippen molar-refractivity contribution in [1.29, 1.82) is 0 Å². The van der Waals surface area contributed by atoms with Crippen molar-refractivity contribution in [2.45, 2.75) is 13.8 Å². The van der Waals surface area contributed by atoms with E-state index in [-0.39, 0.29) is 5.82 Å². The van der Waals surface area contributed by atoms with Crippen LogP contribution >= 0.6 is 11.5 Å². The number of ether oxygens (including phenoxy) is 1. The smallest absolute Gasteiger partial charge is 0.343 e. The highest BCUT2D eigenvalue weighted by atomic mass is 32.1. The minimum absolute atomic E-state index is 0.299. The summed E-state index contributed by atoms with van der Waals surface area (Å²) >= 11 is 1.15. The number of nitrogens with one attached hydrogen (secondary N) is 1. The molecule has 2 rings (SSSR count). The van der Waals surface area contributed by atoms with E-state index in [1.54, 1.807) is 26.0 Å². The van der Waals surface area contributed by atoms with E-state index in [1.165, 1.54) is 12.1 Å². The first kappa shape index (κ1) is 13.5. The molecule has 2 aromatic rings. The first-order chi connectivity index (χ1) is 9.11. The number of halogens is 1. The molecular formula is C13H13FN2O2S. The minimum Gasteiger partial charge on any atom is -0.462 e. The highest BCUT2D eigenvalue weighted by Crippen LogP contribution is 2.28. The number of anilines is 2. The molecule has 1 heterocycles. The molecule has 0 bridgehead atoms. The third-order valence-corrected chi connectivity index (χ3v) is 3.28. The summed E-state index contributed by atoms with van der Waals surface area (Å²) in [4.78, 5) is 11.8. The highest BCUT2D eigenvalue weighted by Gasteiger charge is 2.19. The van der Waals surface area contributed by atoms with Crippen LogP contribution in [0.3, 0.4) is 0 Å². The topological polar surface area (TPSA) is 51.2 Å². The van der Waals surface area contributed by atoms with E-state index in [9.17, 15) is 9.18 Å². The lowest BCUT2D eigenvalue weighted by Gasteiger charge is -2.06. The fourth-order valence-electron chi connectivity index (χ4n) is 1.60. The summed E-state index contributed by atoms with van der Waals surface area (Å²) in [5.74, 6) is -0.767. The van der Waals surface area contributed by atoms with Gasteiger partial charge in [-0.2, -0.15) is 4.37 Å². The Morgan fingerprint density at radius 3 is 3.00 bits per heavy atom. The summed E-state index contributed by atoms with van der Waals surface area (Å²) in [6, 6.07) is 6.02. The van der Waals surface area contributed by atoms with Crippen LogP contribution in [-0.2, 0) is 4.74 Å². The molecule has 0 saturated heterocycles. The Morgan fingerprint density at radius 1 is 1.53 bits per heavy atom. The van der Waals surface area contributed by atoms with E-state index in [0.717, 1.165) is 11.5 Å². The van der Waals surface area contributed by atoms with Crippen LogP contribution in [0, 0.1) is 12.7 Å². The predicted octanol–water partition coefficient (Wildman–Crippen LogP) is 3.51. The molecule has 0 aliphatic carbocycles. The van der Waals surface area contributed by atoms with Gasteiger partial charge in [0.25, 0.3) is 0 Å². The van der Waals surface area contributed by atoms with E-state index < -0.39 is 5.97 Å². The summed E-state index contributed by atoms with van der Waals surface area (Å²) in [6.07, 6.45) is 0. The molecule has 1 aromatic heterocycles. The summed E-state index contributed by atoms with van der Waals surface area (Å²) in [7, 11) is 0. The van der Waals surface area contributed by atoms with Crippen LogP contribution < -0.4 is 5.32 Å². The van der Waals surface area contributed by atoms with E-state index in [4.69, 9.17) is 4.74 Å². The number of carbonyl (C=O) groups excluding carboxylic acids is 1. The van der Waals surface area contributed by atoms with Crippen molar-refractivity contribution in [1.82, 2.24) is 4.37 Å². The summed E-state index contributed by atoms with van der Waals surface area (Å²) in [5.41, 5.74) is 1.56. The summed E-state index contributed by atoms with van der Waals surface area (Å²) in [6.45, 7) is 3.78. The lowest BCUT2D eigenvalue weighted by Crippen LogP contribution is -2.07. The van der Waals surface area contributed by atoms with Gasteiger partial charge in [0.15, 0.2) is 0 Å². The van der Waals surface area contributed by atoms with Crippen LogP contribution in [0.15, 0.2) is 24.3 Å². The quantitative estimate of drug-likeness (QED) is 0.871. The molecular weight excluding hydrogens is 267 g/mol. The van der Waals surface area contributed by atoms with E-state index >= 15 is 0 Å². The number of aromatic nitrogens is 1. The van der Waals surface area contributed by atoms with Crippen LogP contribution in [0.4, 0.5) is 15.1 Å². The van der Waals surface area contributed by atoms with Gasteiger partial charge in [0.05, 0.1) is 12.3 Å². The molecule has 0 aliphatic heterocycles. The molecule has 1 aromatic carbocycles. The second kappa shape index (κ2) is 5.79. The fourth-order valence-corrected chi connectivity index (χ4v) is 2.40. The van der Waals surface area contributed by atoms with Crippen molar-refractivity contribution >= 4 is 28.2 Å². The summed E-state index contributed by atoms with van der Waals surface area (Å²) in [5, 5.41) is 3.55. The lowest BCUT2D eigenvalue weighted by molar-refractivity contribution is 0.0527. The molecule has 0 radical (unpaired) electrons. The third kappa shape index (κ3) is 3.08. The van der Waals surface area contributed by atoms with Gasteiger partial charge in [-0.1, -0.05) is 6.07 Å². The second-order valence-corrected chi connectivity index (χ2v) is 4.60. The van der Waals surface area contributed by atoms with Gasteiger partial charge in [-0.25, -0.2) is 9.18 Å². The Kier molecular flexibility index (Phi) is 4.11. The van der Waals surface area contributed by atoms with Crippen LogP contribution in [0.1, 0.15) is 23.0 Å². The van der Waals surface area contributed by atoms with Crippen LogP contribution in [-0.4, -0.2) is 16.9 Å². The molecule has 4 nitrogen and oxygen atoms in total. The van der Waals surface area contributed by atoms with Gasteiger partial charge in [-0.15, -0.1) is 0 Å². The predicted molar refractivity (Wildman–Crippen MR) is 72.5 cm³/mol. The normalized spacial score (nSPS) is 10.3. The molecule has 0 amide bonds. The maximum Gasteiger partial charge on any atom is 0.343 e. The third-order valence-electron chi connectivity index (χ3n) is 2.42. The number of rotatable bonds is 4. The SMILES string of the molecule is CCOC(=O)c1c(C)nsc1Nc1cccc(F)c1. The van der Waals surface area contributed by atoms with Crippen LogP contribution in [0.5, 0.6) is 0 Å². The van der Waals surface area contributed by atoms with Gasteiger partial charge in [0.2, 0.25) is 0 Å². The number of nitrogens with zero attached hydrogens (tertiary/aromatic N) is 1. The van der Waals surface area contributed by atoms with Gasteiger partial charge in [0.1, 0.15) is 16.4 Å². The largest absolute Gasteiger partial charge is 0.462 e. The monoisotopic (exact) mass is 280 g/mol. The maximum absolute atomic E-state index is 13.1. The first-order valence-electron chi connectivity index (χ1n) is 5.77. The number of hydrogen-bond acceptors (Lipinski definition) is 5. The number of carbonyl (C=O) groups is 1. The molecule has 0 spiro atoms. The van der Waals surface area contributed by atoms with Gasteiger partial charge in [0, 0.05) is 5.69 Å². The molecule has 1 N–H and O–H groups in total. The number of esters is 1. The maximum atomic E-state index is 13.1. The van der Waals surface area contributed by atoms with E-state index in [0.29, 0.717) is 28.6 Å². The Hall–Kier alpha value is -1.95. The van der Waals surface area contributed by atoms with Crippen molar-refractivity contribution in [2.24, 2.45) is 0 Å². The van der Waals surface area contributed by atoms with Crippen LogP contribution in [0.25, 0.3) is 0 Å². The standard InChI is InChI=1S/C13H13FN2O2S/c1-3-18-13(17)11-8(2)16-19-12(11)15-10-6-4-5-9(14)7-10/h4-7,15H,3H2,1-2H3. The number of aryl methyl sites for hydroxylation is 1. The zero-order valence-electron chi connectivity index (χ0n) is 10.6. The average molecular weight is 280 g/mol. The van der Waals surface area contributed by atoms with Gasteiger partial charge in [-0.05, 0) is 43.6 Å². The van der Waals surface area contributed by atoms with E-state index in [1.807, 2.05) is 0 Å². The molecule has 6 heteroatoms. The molecule has 0 saturated carbocycles. The number of hydrogen-bond donors (Lipinski definition) is 1. The Morgan fingerprint density at radius 2 is 2.32 bits per heavy atom. The molecule has 0 atom stereocenters. The molecule has 0 unspecified atom stereocenters. The zero-order chi connectivity index (χ0) is 13.8. The van der Waals surface area contributed by atoms with Gasteiger partial charge < -0.3 is 10.1 Å². The van der Waals surface area contributed by atoms with Crippen molar-refractivity contribution in [3.05, 3.63) is 41.3 Å². The van der Waals surface area contributed by atoms with Crippen molar-refractivity contribution in [2.75, 3.05) is 11.9 Å². The van der Waals surface area contributed by atoms with Gasteiger partial charge >= 0.3 is 5.97 Å². The Bertz CT molecular complexity index is 598. The van der Waals surface area contributed by atoms with E-state index in [2.05, 4.69) is 9.69 Å². The minimum atomic E-state index is -0.423. The molecule has 0 fully saturated rings. The first-order valence-corrected chi connectivity index (χ1v) is 6.55. The Balaban J connectivity index is 2.28. The van der Waals surface area contributed by atoms with Crippen LogP contribution in [0.2, 0.25) is 0 Å². The van der Waals surface area contributed by atoms with Crippen molar-refractivity contribution < 1.29 is 13.9 Å². The second-order valence-electron chi connectivity index (χ2n) is 3.83. The zero-order valence-corrected chi connectivity index (χ0v) is 11.4. The molecule has 100 valence electrons. The lowest BCUT2D eigenvalue weighted by atomic mass is 10.2. The average Bonchev–Trinajstić information content (AvgIpc) is 2.71. The molecule has 19 heavy (non-hydrogen) atoms. The van der Waals surface area contributed by atoms with Crippen molar-refractivity contribution in [3.8, 4) is 0 Å². The van der Waals surface area contributed by atoms with Gasteiger partial charge in [-0.3, -0.25) is 0 Å². The van der Waals surface area contributed by atoms with Crippen molar-refractivity contribution in [3.63, 3.8) is 0 Å². The highest BCUT2D eigenvalue weighted by molar-refractivity contribution is 7.10. The Labute approximate surface area is 114 Å². The fraction of sp³-hybridized carbons (Fsp3) is 0.231.